The van der Waals surface area contributed by atoms with Crippen molar-refractivity contribution in [2.75, 3.05) is 25.1 Å². The van der Waals surface area contributed by atoms with Gasteiger partial charge in [-0.3, -0.25) is 4.79 Å². The molecule has 2 aliphatic heterocycles. The lowest BCUT2D eigenvalue weighted by Gasteiger charge is -2.22. The molecule has 1 aromatic carbocycles. The number of amides is 1. The predicted octanol–water partition coefficient (Wildman–Crippen LogP) is 2.24. The number of carbonyl (C=O) groups excluding carboxylic acids is 1. The van der Waals surface area contributed by atoms with E-state index in [0.717, 1.165) is 69.2 Å². The third-order valence-corrected chi connectivity index (χ3v) is 5.52. The molecule has 0 saturated carbocycles. The van der Waals surface area contributed by atoms with Crippen molar-refractivity contribution in [1.82, 2.24) is 20.1 Å². The molecule has 1 fully saturated rings. The number of nitrogens with one attached hydrogen (secondary N) is 2. The SMILES string of the molecule is O=C(CNc1ccc(F)cc1)NC1CCc2nnc(C3CCOCC3)n2CC1. The van der Waals surface area contributed by atoms with E-state index < -0.39 is 0 Å². The maximum Gasteiger partial charge on any atom is 0.239 e. The number of aromatic nitrogens is 3. The summed E-state index contributed by atoms with van der Waals surface area (Å²) in [5.74, 6) is 2.16. The zero-order chi connectivity index (χ0) is 19.3. The second-order valence-electron chi connectivity index (χ2n) is 7.46. The smallest absolute Gasteiger partial charge is 0.239 e. The molecule has 8 heteroatoms. The highest BCUT2D eigenvalue weighted by Gasteiger charge is 2.26. The molecule has 2 aliphatic rings. The van der Waals surface area contributed by atoms with Crippen molar-refractivity contribution < 1.29 is 13.9 Å². The van der Waals surface area contributed by atoms with Crippen LogP contribution >= 0.6 is 0 Å². The highest BCUT2D eigenvalue weighted by molar-refractivity contribution is 5.80. The monoisotopic (exact) mass is 387 g/mol. The zero-order valence-electron chi connectivity index (χ0n) is 15.9. The second-order valence-corrected chi connectivity index (χ2v) is 7.46. The minimum atomic E-state index is -0.291. The summed E-state index contributed by atoms with van der Waals surface area (Å²) in [6, 6.07) is 6.11. The lowest BCUT2D eigenvalue weighted by molar-refractivity contribution is -0.120. The van der Waals surface area contributed by atoms with Crippen molar-refractivity contribution in [3.8, 4) is 0 Å². The molecule has 1 aromatic heterocycles. The number of halogens is 1. The molecule has 2 N–H and O–H groups in total. The number of nitrogens with zero attached hydrogens (tertiary/aromatic N) is 3. The molecule has 0 radical (unpaired) electrons. The van der Waals surface area contributed by atoms with Gasteiger partial charge in [0.25, 0.3) is 0 Å². The summed E-state index contributed by atoms with van der Waals surface area (Å²) in [6.07, 6.45) is 4.52. The first kappa shape index (κ1) is 18.9. The Kier molecular flexibility index (Phi) is 5.85. The summed E-state index contributed by atoms with van der Waals surface area (Å²) in [5.41, 5.74) is 0.727. The Morgan fingerprint density at radius 2 is 1.93 bits per heavy atom. The summed E-state index contributed by atoms with van der Waals surface area (Å²) in [4.78, 5) is 12.3. The van der Waals surface area contributed by atoms with Crippen LogP contribution in [0.5, 0.6) is 0 Å². The van der Waals surface area contributed by atoms with Gasteiger partial charge in [0.2, 0.25) is 5.91 Å². The number of ether oxygens (including phenoxy) is 1. The molecular weight excluding hydrogens is 361 g/mol. The van der Waals surface area contributed by atoms with Gasteiger partial charge in [-0.25, -0.2) is 4.39 Å². The Morgan fingerprint density at radius 1 is 1.14 bits per heavy atom. The van der Waals surface area contributed by atoms with E-state index >= 15 is 0 Å². The summed E-state index contributed by atoms with van der Waals surface area (Å²) in [5, 5.41) is 15.0. The van der Waals surface area contributed by atoms with Gasteiger partial charge in [0.15, 0.2) is 0 Å². The standard InChI is InChI=1S/C20H26FN5O2/c21-15-1-3-16(4-2-15)22-13-19(27)23-17-5-6-18-24-25-20(26(18)10-7-17)14-8-11-28-12-9-14/h1-4,14,17,22H,5-13H2,(H,23,27). The van der Waals surface area contributed by atoms with Crippen LogP contribution in [0.2, 0.25) is 0 Å². The van der Waals surface area contributed by atoms with Crippen molar-refractivity contribution in [3.63, 3.8) is 0 Å². The zero-order valence-corrected chi connectivity index (χ0v) is 15.9. The van der Waals surface area contributed by atoms with Crippen molar-refractivity contribution in [2.45, 2.75) is 50.6 Å². The predicted molar refractivity (Wildman–Crippen MR) is 103 cm³/mol. The van der Waals surface area contributed by atoms with Crippen molar-refractivity contribution >= 4 is 11.6 Å². The molecular formula is C20H26FN5O2. The second kappa shape index (κ2) is 8.68. The van der Waals surface area contributed by atoms with E-state index in [2.05, 4.69) is 25.4 Å². The van der Waals surface area contributed by atoms with Gasteiger partial charge in [-0.2, -0.15) is 0 Å². The first-order chi connectivity index (χ1) is 13.7. The Balaban J connectivity index is 1.29. The fourth-order valence-electron chi connectivity index (χ4n) is 3.94. The number of benzene rings is 1. The molecule has 28 heavy (non-hydrogen) atoms. The van der Waals surface area contributed by atoms with E-state index in [-0.39, 0.29) is 24.3 Å². The number of carbonyl (C=O) groups is 1. The highest BCUT2D eigenvalue weighted by atomic mass is 19.1. The molecule has 0 bridgehead atoms. The van der Waals surface area contributed by atoms with Gasteiger partial charge >= 0.3 is 0 Å². The topological polar surface area (TPSA) is 81.1 Å². The van der Waals surface area contributed by atoms with Crippen LogP contribution in [0.4, 0.5) is 10.1 Å². The molecule has 7 nitrogen and oxygen atoms in total. The van der Waals surface area contributed by atoms with Crippen LogP contribution in [-0.4, -0.2) is 46.5 Å². The molecule has 2 aromatic rings. The van der Waals surface area contributed by atoms with E-state index in [4.69, 9.17) is 4.74 Å². The summed E-state index contributed by atoms with van der Waals surface area (Å²) >= 11 is 0. The van der Waals surface area contributed by atoms with Gasteiger partial charge < -0.3 is 19.9 Å². The van der Waals surface area contributed by atoms with E-state index in [1.165, 1.54) is 12.1 Å². The molecule has 3 heterocycles. The highest BCUT2D eigenvalue weighted by Crippen LogP contribution is 2.27. The Hall–Kier alpha value is -2.48. The van der Waals surface area contributed by atoms with Gasteiger partial charge in [0.1, 0.15) is 17.5 Å². The van der Waals surface area contributed by atoms with Crippen LogP contribution < -0.4 is 10.6 Å². The van der Waals surface area contributed by atoms with Crippen molar-refractivity contribution in [1.29, 1.82) is 0 Å². The number of fused-ring (bicyclic) bond motifs is 1. The number of aryl methyl sites for hydroxylation is 1. The van der Waals surface area contributed by atoms with Gasteiger partial charge in [-0.1, -0.05) is 0 Å². The lowest BCUT2D eigenvalue weighted by Crippen LogP contribution is -2.38. The Bertz CT molecular complexity index is 801. The third-order valence-electron chi connectivity index (χ3n) is 5.52. The van der Waals surface area contributed by atoms with Gasteiger partial charge in [-0.05, 0) is 49.9 Å². The van der Waals surface area contributed by atoms with E-state index in [1.807, 2.05) is 0 Å². The maximum atomic E-state index is 12.9. The van der Waals surface area contributed by atoms with E-state index in [9.17, 15) is 9.18 Å². The number of hydrogen-bond donors (Lipinski definition) is 2. The van der Waals surface area contributed by atoms with Crippen LogP contribution in [-0.2, 0) is 22.5 Å². The van der Waals surface area contributed by atoms with Crippen LogP contribution in [0.1, 0.15) is 43.3 Å². The summed E-state index contributed by atoms with van der Waals surface area (Å²) in [7, 11) is 0. The number of rotatable bonds is 5. The minimum absolute atomic E-state index is 0.0587. The van der Waals surface area contributed by atoms with E-state index in [1.54, 1.807) is 12.1 Å². The van der Waals surface area contributed by atoms with Crippen molar-refractivity contribution in [3.05, 3.63) is 41.7 Å². The molecule has 150 valence electrons. The molecule has 1 amide bonds. The minimum Gasteiger partial charge on any atom is -0.381 e. The Morgan fingerprint density at radius 3 is 2.71 bits per heavy atom. The first-order valence-corrected chi connectivity index (χ1v) is 9.97. The van der Waals surface area contributed by atoms with Gasteiger partial charge in [0, 0.05) is 43.8 Å². The largest absolute Gasteiger partial charge is 0.381 e. The van der Waals surface area contributed by atoms with Crippen LogP contribution in [0.25, 0.3) is 0 Å². The number of anilines is 1. The van der Waals surface area contributed by atoms with Crippen LogP contribution in [0, 0.1) is 5.82 Å². The first-order valence-electron chi connectivity index (χ1n) is 9.97. The molecule has 1 unspecified atom stereocenters. The fraction of sp³-hybridized carbons (Fsp3) is 0.550. The fourth-order valence-corrected chi connectivity index (χ4v) is 3.94. The van der Waals surface area contributed by atoms with Crippen LogP contribution in [0.3, 0.4) is 0 Å². The Labute approximate surface area is 163 Å². The van der Waals surface area contributed by atoms with Gasteiger partial charge in [-0.15, -0.1) is 10.2 Å². The summed E-state index contributed by atoms with van der Waals surface area (Å²) in [6.45, 7) is 2.56. The molecule has 4 rings (SSSR count). The van der Waals surface area contributed by atoms with Crippen molar-refractivity contribution in [2.24, 2.45) is 0 Å². The average molecular weight is 387 g/mol. The number of hydrogen-bond acceptors (Lipinski definition) is 5. The average Bonchev–Trinajstić information content (AvgIpc) is 3.03. The molecule has 0 spiro atoms. The molecule has 0 aliphatic carbocycles. The molecule has 1 atom stereocenters. The van der Waals surface area contributed by atoms with Gasteiger partial charge in [0.05, 0.1) is 6.54 Å². The third kappa shape index (κ3) is 4.49. The lowest BCUT2D eigenvalue weighted by atomic mass is 9.99. The van der Waals surface area contributed by atoms with Crippen LogP contribution in [0.15, 0.2) is 24.3 Å². The summed E-state index contributed by atoms with van der Waals surface area (Å²) < 4.78 is 20.6. The quantitative estimate of drug-likeness (QED) is 0.822. The maximum absolute atomic E-state index is 12.9. The normalized spacial score (nSPS) is 20.2. The van der Waals surface area contributed by atoms with E-state index in [0.29, 0.717) is 5.92 Å². The molecule has 1 saturated heterocycles.